The maximum Gasteiger partial charge on any atom is 0.334 e. The first-order valence-corrected chi connectivity index (χ1v) is 6.45. The zero-order chi connectivity index (χ0) is 13.0. The SMILES string of the molecule is C=C1CC[C@H]2C(=C)C(=O)O[C@@H]2[C@H]2C(=C)[C@@H](O)C[C@H]12. The normalized spacial score (nSPS) is 43.5. The summed E-state index contributed by atoms with van der Waals surface area (Å²) in [5, 5.41) is 9.99. The summed E-state index contributed by atoms with van der Waals surface area (Å²) in [6.07, 6.45) is 1.71. The van der Waals surface area contributed by atoms with Gasteiger partial charge in [0.15, 0.2) is 0 Å². The number of rotatable bonds is 0. The number of carbonyl (C=O) groups is 1. The summed E-state index contributed by atoms with van der Waals surface area (Å²) in [7, 11) is 0. The Morgan fingerprint density at radius 2 is 1.94 bits per heavy atom. The van der Waals surface area contributed by atoms with Crippen LogP contribution in [0.3, 0.4) is 0 Å². The van der Waals surface area contributed by atoms with Gasteiger partial charge in [0.2, 0.25) is 0 Å². The van der Waals surface area contributed by atoms with E-state index in [0.717, 1.165) is 24.0 Å². The Labute approximate surface area is 107 Å². The van der Waals surface area contributed by atoms with Gasteiger partial charge in [-0.3, -0.25) is 0 Å². The predicted molar refractivity (Wildman–Crippen MR) is 67.6 cm³/mol. The molecule has 0 aromatic rings. The Kier molecular flexibility index (Phi) is 2.49. The van der Waals surface area contributed by atoms with Crippen LogP contribution in [0.1, 0.15) is 19.3 Å². The third kappa shape index (κ3) is 1.43. The molecular weight excluding hydrogens is 228 g/mol. The Morgan fingerprint density at radius 1 is 1.22 bits per heavy atom. The number of fused-ring (bicyclic) bond motifs is 3. The van der Waals surface area contributed by atoms with Gasteiger partial charge in [0.25, 0.3) is 0 Å². The van der Waals surface area contributed by atoms with Crippen molar-refractivity contribution in [1.29, 1.82) is 0 Å². The van der Waals surface area contributed by atoms with Gasteiger partial charge in [-0.1, -0.05) is 25.3 Å². The van der Waals surface area contributed by atoms with Gasteiger partial charge in [0.1, 0.15) is 6.10 Å². The molecule has 3 rings (SSSR count). The second-order valence-corrected chi connectivity index (χ2v) is 5.66. The zero-order valence-electron chi connectivity index (χ0n) is 10.4. The van der Waals surface area contributed by atoms with Gasteiger partial charge in [-0.2, -0.15) is 0 Å². The van der Waals surface area contributed by atoms with Crippen LogP contribution in [-0.2, 0) is 9.53 Å². The first-order valence-electron chi connectivity index (χ1n) is 6.45. The lowest BCUT2D eigenvalue weighted by Gasteiger charge is -2.25. The van der Waals surface area contributed by atoms with Crippen molar-refractivity contribution >= 4 is 5.97 Å². The summed E-state index contributed by atoms with van der Waals surface area (Å²) in [6, 6.07) is 0. The molecule has 3 nitrogen and oxygen atoms in total. The molecule has 0 radical (unpaired) electrons. The third-order valence-corrected chi connectivity index (χ3v) is 4.77. The number of aliphatic hydroxyl groups is 1. The smallest absolute Gasteiger partial charge is 0.334 e. The number of hydrogen-bond acceptors (Lipinski definition) is 3. The van der Waals surface area contributed by atoms with E-state index >= 15 is 0 Å². The highest BCUT2D eigenvalue weighted by atomic mass is 16.6. The number of ether oxygens (including phenoxy) is 1. The monoisotopic (exact) mass is 246 g/mol. The van der Waals surface area contributed by atoms with Crippen LogP contribution in [0.5, 0.6) is 0 Å². The van der Waals surface area contributed by atoms with E-state index in [1.165, 1.54) is 0 Å². The van der Waals surface area contributed by atoms with Crippen LogP contribution in [-0.4, -0.2) is 23.3 Å². The molecular formula is C15H18O3. The van der Waals surface area contributed by atoms with Crippen LogP contribution < -0.4 is 0 Å². The molecule has 0 aromatic heterocycles. The fourth-order valence-corrected chi connectivity index (χ4v) is 3.70. The Balaban J connectivity index is 2.01. The van der Waals surface area contributed by atoms with Crippen LogP contribution in [0.4, 0.5) is 0 Å². The van der Waals surface area contributed by atoms with Crippen molar-refractivity contribution in [2.45, 2.75) is 31.5 Å². The minimum absolute atomic E-state index is 0.0169. The summed E-state index contributed by atoms with van der Waals surface area (Å²) in [6.45, 7) is 12.0. The van der Waals surface area contributed by atoms with Crippen molar-refractivity contribution in [3.8, 4) is 0 Å². The molecule has 1 aliphatic heterocycles. The molecule has 2 aliphatic carbocycles. The quantitative estimate of drug-likeness (QED) is 0.404. The van der Waals surface area contributed by atoms with E-state index < -0.39 is 6.10 Å². The number of esters is 1. The van der Waals surface area contributed by atoms with E-state index in [9.17, 15) is 9.90 Å². The lowest BCUT2D eigenvalue weighted by Crippen LogP contribution is -2.29. The highest BCUT2D eigenvalue weighted by molar-refractivity contribution is 5.91. The minimum atomic E-state index is -0.497. The molecule has 1 N–H and O–H groups in total. The van der Waals surface area contributed by atoms with Crippen LogP contribution in [0, 0.1) is 17.8 Å². The molecule has 3 fully saturated rings. The Morgan fingerprint density at radius 3 is 2.67 bits per heavy atom. The number of aliphatic hydroxyl groups excluding tert-OH is 1. The van der Waals surface area contributed by atoms with E-state index in [1.54, 1.807) is 0 Å². The zero-order valence-corrected chi connectivity index (χ0v) is 10.4. The molecule has 0 unspecified atom stereocenters. The highest BCUT2D eigenvalue weighted by Crippen LogP contribution is 2.51. The molecule has 1 heterocycles. The summed E-state index contributed by atoms with van der Waals surface area (Å²) in [4.78, 5) is 11.7. The van der Waals surface area contributed by atoms with E-state index in [1.807, 2.05) is 0 Å². The molecule has 0 amide bonds. The van der Waals surface area contributed by atoms with Crippen LogP contribution >= 0.6 is 0 Å². The second-order valence-electron chi connectivity index (χ2n) is 5.66. The molecule has 0 spiro atoms. The fraction of sp³-hybridized carbons (Fsp3) is 0.533. The second kappa shape index (κ2) is 3.82. The van der Waals surface area contributed by atoms with Crippen molar-refractivity contribution in [1.82, 2.24) is 0 Å². The van der Waals surface area contributed by atoms with Gasteiger partial charge in [0.05, 0.1) is 6.10 Å². The van der Waals surface area contributed by atoms with Crippen LogP contribution in [0.15, 0.2) is 36.5 Å². The standard InChI is InChI=1S/C15H18O3/c1-7-4-5-10-8(2)15(17)18-14(10)13-9(3)12(16)6-11(7)13/h10-14,16H,1-6H2/t10-,11+,12-,13-,14-/m0/s1. The van der Waals surface area contributed by atoms with E-state index in [4.69, 9.17) is 4.74 Å². The molecule has 5 atom stereocenters. The molecule has 2 saturated carbocycles. The summed E-state index contributed by atoms with van der Waals surface area (Å²) in [5.41, 5.74) is 2.51. The van der Waals surface area contributed by atoms with Crippen molar-refractivity contribution in [3.05, 3.63) is 36.5 Å². The fourth-order valence-electron chi connectivity index (χ4n) is 3.70. The highest BCUT2D eigenvalue weighted by Gasteiger charge is 2.52. The topological polar surface area (TPSA) is 46.5 Å². The first-order chi connectivity index (χ1) is 8.50. The number of hydrogen-bond donors (Lipinski definition) is 1. The molecule has 18 heavy (non-hydrogen) atoms. The van der Waals surface area contributed by atoms with Gasteiger partial charge in [-0.05, 0) is 30.8 Å². The van der Waals surface area contributed by atoms with Crippen molar-refractivity contribution in [3.63, 3.8) is 0 Å². The lowest BCUT2D eigenvalue weighted by atomic mass is 9.82. The first kappa shape index (κ1) is 11.7. The predicted octanol–water partition coefficient (Wildman–Crippen LogP) is 1.99. The van der Waals surface area contributed by atoms with Crippen molar-refractivity contribution < 1.29 is 14.6 Å². The molecule has 3 heteroatoms. The average molecular weight is 246 g/mol. The average Bonchev–Trinajstić information content (AvgIpc) is 2.72. The van der Waals surface area contributed by atoms with E-state index in [-0.39, 0.29) is 29.8 Å². The summed E-state index contributed by atoms with van der Waals surface area (Å²) >= 11 is 0. The number of allylic oxidation sites excluding steroid dienone is 1. The van der Waals surface area contributed by atoms with E-state index in [2.05, 4.69) is 19.7 Å². The van der Waals surface area contributed by atoms with Crippen molar-refractivity contribution in [2.75, 3.05) is 0 Å². The largest absolute Gasteiger partial charge is 0.458 e. The Hall–Kier alpha value is -1.35. The lowest BCUT2D eigenvalue weighted by molar-refractivity contribution is -0.141. The third-order valence-electron chi connectivity index (χ3n) is 4.77. The van der Waals surface area contributed by atoms with Gasteiger partial charge in [0, 0.05) is 17.4 Å². The minimum Gasteiger partial charge on any atom is -0.458 e. The molecule has 96 valence electrons. The van der Waals surface area contributed by atoms with Crippen LogP contribution in [0.25, 0.3) is 0 Å². The maximum absolute atomic E-state index is 11.7. The maximum atomic E-state index is 11.7. The van der Waals surface area contributed by atoms with Crippen LogP contribution in [0.2, 0.25) is 0 Å². The molecule has 0 aromatic carbocycles. The van der Waals surface area contributed by atoms with Gasteiger partial charge >= 0.3 is 5.97 Å². The summed E-state index contributed by atoms with van der Waals surface area (Å²) in [5.74, 6) is -0.0128. The van der Waals surface area contributed by atoms with Gasteiger partial charge < -0.3 is 9.84 Å². The molecule has 0 bridgehead atoms. The molecule has 3 aliphatic rings. The summed E-state index contributed by atoms with van der Waals surface area (Å²) < 4.78 is 5.49. The van der Waals surface area contributed by atoms with Gasteiger partial charge in [-0.25, -0.2) is 4.79 Å². The number of carbonyl (C=O) groups excluding carboxylic acids is 1. The Bertz CT molecular complexity index is 462. The van der Waals surface area contributed by atoms with Crippen molar-refractivity contribution in [2.24, 2.45) is 17.8 Å². The molecule has 1 saturated heterocycles. The van der Waals surface area contributed by atoms with Gasteiger partial charge in [-0.15, -0.1) is 0 Å². The van der Waals surface area contributed by atoms with E-state index in [0.29, 0.717) is 12.0 Å².